The van der Waals surface area contributed by atoms with Crippen molar-refractivity contribution >= 4 is 0 Å². The van der Waals surface area contributed by atoms with Crippen molar-refractivity contribution in [2.24, 2.45) is 5.92 Å². The molecule has 2 nitrogen and oxygen atoms in total. The van der Waals surface area contributed by atoms with E-state index in [-0.39, 0.29) is 0 Å². The normalized spacial score (nSPS) is 13.9. The zero-order valence-electron chi connectivity index (χ0n) is 9.77. The van der Waals surface area contributed by atoms with Crippen LogP contribution in [0.15, 0.2) is 24.5 Å². The molecular weight excluding hydrogens is 172 g/mol. The summed E-state index contributed by atoms with van der Waals surface area (Å²) in [5.74, 6) is 0.752. The predicted molar refractivity (Wildman–Crippen MR) is 61.5 cm³/mol. The number of nitrogens with zero attached hydrogens (tertiary/aromatic N) is 2. The van der Waals surface area contributed by atoms with Gasteiger partial charge >= 0.3 is 0 Å². The molecule has 0 bridgehead atoms. The summed E-state index contributed by atoms with van der Waals surface area (Å²) >= 11 is 0. The molecule has 0 aliphatic heterocycles. The Balaban J connectivity index is 2.62. The smallest absolute Gasteiger partial charge is 0.0460 e. The van der Waals surface area contributed by atoms with Crippen LogP contribution in [-0.4, -0.2) is 30.1 Å². The second-order valence-corrected chi connectivity index (χ2v) is 4.68. The van der Waals surface area contributed by atoms with Gasteiger partial charge in [-0.1, -0.05) is 13.8 Å². The molecule has 0 spiro atoms. The summed E-state index contributed by atoms with van der Waals surface area (Å²) in [6.07, 6.45) is 5.57. The van der Waals surface area contributed by atoms with Crippen molar-refractivity contribution in [1.82, 2.24) is 9.47 Å². The van der Waals surface area contributed by atoms with Crippen molar-refractivity contribution < 1.29 is 0 Å². The van der Waals surface area contributed by atoms with Crippen molar-refractivity contribution in [3.63, 3.8) is 0 Å². The quantitative estimate of drug-likeness (QED) is 0.699. The minimum atomic E-state index is 0.611. The lowest BCUT2D eigenvalue weighted by Crippen LogP contribution is -2.25. The van der Waals surface area contributed by atoms with Crippen LogP contribution < -0.4 is 0 Å². The van der Waals surface area contributed by atoms with Crippen LogP contribution in [0.4, 0.5) is 0 Å². The number of hydrogen-bond donors (Lipinski definition) is 0. The molecule has 1 aromatic rings. The van der Waals surface area contributed by atoms with Gasteiger partial charge in [0.25, 0.3) is 0 Å². The van der Waals surface area contributed by atoms with Gasteiger partial charge < -0.3 is 9.47 Å². The highest BCUT2D eigenvalue weighted by atomic mass is 15.1. The van der Waals surface area contributed by atoms with Crippen LogP contribution in [0.25, 0.3) is 0 Å². The molecule has 0 N–H and O–H groups in total. The number of hydrogen-bond acceptors (Lipinski definition) is 1. The van der Waals surface area contributed by atoms with Crippen molar-refractivity contribution in [3.05, 3.63) is 24.5 Å². The van der Waals surface area contributed by atoms with E-state index in [1.54, 1.807) is 0 Å². The van der Waals surface area contributed by atoms with E-state index >= 15 is 0 Å². The lowest BCUT2D eigenvalue weighted by molar-refractivity contribution is 0.289. The Morgan fingerprint density at radius 3 is 2.14 bits per heavy atom. The predicted octanol–water partition coefficient (Wildman–Crippen LogP) is 2.64. The minimum Gasteiger partial charge on any atom is -0.350 e. The van der Waals surface area contributed by atoms with Gasteiger partial charge in [-0.15, -0.1) is 0 Å². The molecule has 0 aromatic carbocycles. The Kier molecular flexibility index (Phi) is 4.21. The highest BCUT2D eigenvalue weighted by molar-refractivity contribution is 4.93. The van der Waals surface area contributed by atoms with Gasteiger partial charge in [-0.25, -0.2) is 0 Å². The van der Waals surface area contributed by atoms with Crippen LogP contribution in [0.2, 0.25) is 0 Å². The molecule has 1 atom stereocenters. The molecule has 80 valence electrons. The zero-order chi connectivity index (χ0) is 10.6. The first kappa shape index (κ1) is 11.3. The van der Waals surface area contributed by atoms with Crippen LogP contribution in [-0.2, 0) is 0 Å². The third kappa shape index (κ3) is 3.54. The van der Waals surface area contributed by atoms with E-state index in [2.05, 4.69) is 61.9 Å². The topological polar surface area (TPSA) is 8.17 Å². The summed E-state index contributed by atoms with van der Waals surface area (Å²) in [6.45, 7) is 5.69. The molecule has 0 saturated carbocycles. The maximum absolute atomic E-state index is 2.32. The second-order valence-electron chi connectivity index (χ2n) is 4.68. The minimum absolute atomic E-state index is 0.611. The highest BCUT2D eigenvalue weighted by Gasteiger charge is 2.12. The fraction of sp³-hybridized carbons (Fsp3) is 0.667. The van der Waals surface area contributed by atoms with E-state index < -0.39 is 0 Å². The lowest BCUT2D eigenvalue weighted by atomic mass is 10.0. The van der Waals surface area contributed by atoms with Crippen LogP contribution >= 0.6 is 0 Å². The van der Waals surface area contributed by atoms with E-state index in [1.165, 1.54) is 6.42 Å². The van der Waals surface area contributed by atoms with Gasteiger partial charge in [-0.3, -0.25) is 0 Å². The van der Waals surface area contributed by atoms with E-state index in [0.29, 0.717) is 6.04 Å². The van der Waals surface area contributed by atoms with Gasteiger partial charge in [0.15, 0.2) is 0 Å². The van der Waals surface area contributed by atoms with Crippen molar-refractivity contribution in [3.8, 4) is 0 Å². The summed E-state index contributed by atoms with van der Waals surface area (Å²) in [5, 5.41) is 0. The fourth-order valence-electron chi connectivity index (χ4n) is 1.85. The number of aromatic nitrogens is 1. The molecule has 2 heteroatoms. The average molecular weight is 194 g/mol. The maximum atomic E-state index is 2.32. The zero-order valence-corrected chi connectivity index (χ0v) is 9.77. The van der Waals surface area contributed by atoms with Gasteiger partial charge in [0.05, 0.1) is 0 Å². The molecule has 1 heterocycles. The molecule has 0 aliphatic carbocycles. The SMILES string of the molecule is CC(C)CC(CN(C)C)n1cccc1. The van der Waals surface area contributed by atoms with Crippen molar-refractivity contribution in [2.75, 3.05) is 20.6 Å². The third-order valence-electron chi connectivity index (χ3n) is 2.37. The van der Waals surface area contributed by atoms with Crippen LogP contribution in [0, 0.1) is 5.92 Å². The summed E-state index contributed by atoms with van der Waals surface area (Å²) in [5.41, 5.74) is 0. The van der Waals surface area contributed by atoms with E-state index in [0.717, 1.165) is 12.5 Å². The Morgan fingerprint density at radius 1 is 1.14 bits per heavy atom. The third-order valence-corrected chi connectivity index (χ3v) is 2.37. The Hall–Kier alpha value is -0.760. The molecule has 1 unspecified atom stereocenters. The monoisotopic (exact) mass is 194 g/mol. The lowest BCUT2D eigenvalue weighted by Gasteiger charge is -2.24. The summed E-state index contributed by atoms with van der Waals surface area (Å²) in [6, 6.07) is 4.81. The highest BCUT2D eigenvalue weighted by Crippen LogP contribution is 2.18. The largest absolute Gasteiger partial charge is 0.350 e. The molecular formula is C12H22N2. The fourth-order valence-corrected chi connectivity index (χ4v) is 1.85. The van der Waals surface area contributed by atoms with Crippen molar-refractivity contribution in [2.45, 2.75) is 26.3 Å². The molecule has 14 heavy (non-hydrogen) atoms. The first-order valence-corrected chi connectivity index (χ1v) is 5.36. The Morgan fingerprint density at radius 2 is 1.71 bits per heavy atom. The van der Waals surface area contributed by atoms with Crippen molar-refractivity contribution in [1.29, 1.82) is 0 Å². The van der Waals surface area contributed by atoms with Crippen LogP contribution in [0.5, 0.6) is 0 Å². The molecule has 0 amide bonds. The summed E-state index contributed by atoms with van der Waals surface area (Å²) < 4.78 is 2.32. The average Bonchev–Trinajstić information content (AvgIpc) is 2.52. The second kappa shape index (κ2) is 5.20. The van der Waals surface area contributed by atoms with Gasteiger partial charge in [-0.05, 0) is 38.6 Å². The summed E-state index contributed by atoms with van der Waals surface area (Å²) in [4.78, 5) is 2.26. The maximum Gasteiger partial charge on any atom is 0.0460 e. The number of rotatable bonds is 5. The molecule has 0 saturated heterocycles. The summed E-state index contributed by atoms with van der Waals surface area (Å²) in [7, 11) is 4.27. The first-order chi connectivity index (χ1) is 6.59. The van der Waals surface area contributed by atoms with Crippen LogP contribution in [0.3, 0.4) is 0 Å². The molecule has 1 aromatic heterocycles. The van der Waals surface area contributed by atoms with E-state index in [9.17, 15) is 0 Å². The van der Waals surface area contributed by atoms with Gasteiger partial charge in [0, 0.05) is 25.0 Å². The molecule has 0 fully saturated rings. The standard InChI is InChI=1S/C12H22N2/c1-11(2)9-12(10-13(3)4)14-7-5-6-8-14/h5-8,11-12H,9-10H2,1-4H3. The molecule has 0 aliphatic rings. The van der Waals surface area contributed by atoms with Crippen LogP contribution in [0.1, 0.15) is 26.3 Å². The number of likely N-dealkylation sites (N-methyl/N-ethyl adjacent to an activating group) is 1. The molecule has 0 radical (unpaired) electrons. The van der Waals surface area contributed by atoms with E-state index in [1.807, 2.05) is 0 Å². The molecule has 1 rings (SSSR count). The van der Waals surface area contributed by atoms with Gasteiger partial charge in [0.1, 0.15) is 0 Å². The van der Waals surface area contributed by atoms with E-state index in [4.69, 9.17) is 0 Å². The first-order valence-electron chi connectivity index (χ1n) is 5.36. The Bertz CT molecular complexity index is 227. The van der Waals surface area contributed by atoms with Gasteiger partial charge in [0.2, 0.25) is 0 Å². The van der Waals surface area contributed by atoms with Gasteiger partial charge in [-0.2, -0.15) is 0 Å². The Labute approximate surface area is 87.5 Å².